The zero-order valence-corrected chi connectivity index (χ0v) is 15.7. The van der Waals surface area contributed by atoms with Crippen LogP contribution in [0.3, 0.4) is 0 Å². The number of halogens is 4. The quantitative estimate of drug-likeness (QED) is 0.322. The first-order valence-electron chi connectivity index (χ1n) is 4.84. The van der Waals surface area contributed by atoms with Crippen molar-refractivity contribution in [2.24, 2.45) is 0 Å². The zero-order valence-electron chi connectivity index (χ0n) is 8.81. The van der Waals surface area contributed by atoms with E-state index in [0.717, 1.165) is 13.8 Å². The minimum absolute atomic E-state index is 0.103. The SMILES string of the molecule is Cc1cc(C(Cl)c2cc(I)ccc2Br)sc1Br. The molecule has 1 atom stereocenters. The fraction of sp³-hybridized carbons (Fsp3) is 0.167. The number of hydrogen-bond donors (Lipinski definition) is 0. The van der Waals surface area contributed by atoms with Crippen molar-refractivity contribution in [3.63, 3.8) is 0 Å². The lowest BCUT2D eigenvalue weighted by atomic mass is 10.1. The van der Waals surface area contributed by atoms with Crippen LogP contribution in [0, 0.1) is 10.5 Å². The predicted molar refractivity (Wildman–Crippen MR) is 91.3 cm³/mol. The topological polar surface area (TPSA) is 0 Å². The second kappa shape index (κ2) is 5.90. The number of alkyl halides is 1. The fourth-order valence-corrected chi connectivity index (χ4v) is 4.54. The Morgan fingerprint density at radius 3 is 2.59 bits per heavy atom. The first-order chi connectivity index (χ1) is 7.99. The third-order valence-corrected chi connectivity index (χ3v) is 6.55. The molecule has 0 fully saturated rings. The molecule has 0 nitrogen and oxygen atoms in total. The van der Waals surface area contributed by atoms with Gasteiger partial charge in [-0.2, -0.15) is 0 Å². The summed E-state index contributed by atoms with van der Waals surface area (Å²) in [4.78, 5) is 1.17. The summed E-state index contributed by atoms with van der Waals surface area (Å²) in [6.45, 7) is 2.08. The highest BCUT2D eigenvalue weighted by atomic mass is 127. The molecule has 0 spiro atoms. The molecule has 0 aliphatic rings. The van der Waals surface area contributed by atoms with Gasteiger partial charge in [-0.15, -0.1) is 22.9 Å². The molecule has 2 aromatic rings. The molecular weight excluding hydrogens is 498 g/mol. The van der Waals surface area contributed by atoms with Gasteiger partial charge in [0.1, 0.15) is 0 Å². The predicted octanol–water partition coefficient (Wildman–Crippen LogP) is 6.51. The first kappa shape index (κ1) is 14.3. The smallest absolute Gasteiger partial charge is 0.0939 e. The van der Waals surface area contributed by atoms with E-state index in [4.69, 9.17) is 11.6 Å². The van der Waals surface area contributed by atoms with Gasteiger partial charge in [0, 0.05) is 12.9 Å². The molecule has 0 saturated heterocycles. The molecule has 0 aliphatic carbocycles. The summed E-state index contributed by atoms with van der Waals surface area (Å²) >= 11 is 17.6. The molecule has 1 unspecified atom stereocenters. The lowest BCUT2D eigenvalue weighted by Gasteiger charge is -2.10. The van der Waals surface area contributed by atoms with Gasteiger partial charge in [0.25, 0.3) is 0 Å². The van der Waals surface area contributed by atoms with Gasteiger partial charge in [0.15, 0.2) is 0 Å². The Morgan fingerprint density at radius 2 is 2.00 bits per heavy atom. The number of rotatable bonds is 2. The number of hydrogen-bond acceptors (Lipinski definition) is 1. The molecule has 2 rings (SSSR count). The normalized spacial score (nSPS) is 12.8. The number of aryl methyl sites for hydroxylation is 1. The zero-order chi connectivity index (χ0) is 12.6. The first-order valence-corrected chi connectivity index (χ1v) is 8.75. The maximum atomic E-state index is 6.55. The van der Waals surface area contributed by atoms with E-state index in [1.54, 1.807) is 11.3 Å². The van der Waals surface area contributed by atoms with Crippen LogP contribution in [-0.2, 0) is 0 Å². The number of thiophene rings is 1. The number of benzene rings is 1. The van der Waals surface area contributed by atoms with Crippen molar-refractivity contribution in [1.82, 2.24) is 0 Å². The minimum Gasteiger partial charge on any atom is -0.131 e. The summed E-state index contributed by atoms with van der Waals surface area (Å²) in [5.74, 6) is 0. The molecule has 90 valence electrons. The summed E-state index contributed by atoms with van der Waals surface area (Å²) < 4.78 is 3.40. The van der Waals surface area contributed by atoms with Gasteiger partial charge in [-0.05, 0) is 80.8 Å². The van der Waals surface area contributed by atoms with Crippen LogP contribution in [0.15, 0.2) is 32.5 Å². The van der Waals surface area contributed by atoms with Crippen LogP contribution < -0.4 is 0 Å². The lowest BCUT2D eigenvalue weighted by Crippen LogP contribution is -1.92. The van der Waals surface area contributed by atoms with E-state index in [9.17, 15) is 0 Å². The molecule has 1 aromatic carbocycles. The van der Waals surface area contributed by atoms with Crippen LogP contribution in [0.4, 0.5) is 0 Å². The van der Waals surface area contributed by atoms with Crippen molar-refractivity contribution in [3.05, 3.63) is 52.1 Å². The minimum atomic E-state index is -0.103. The highest BCUT2D eigenvalue weighted by Gasteiger charge is 2.17. The molecule has 0 bridgehead atoms. The Balaban J connectivity index is 2.42. The average Bonchev–Trinajstić information content (AvgIpc) is 2.62. The second-order valence-corrected chi connectivity index (χ2v) is 8.57. The Morgan fingerprint density at radius 1 is 1.29 bits per heavy atom. The molecule has 0 amide bonds. The summed E-state index contributed by atoms with van der Waals surface area (Å²) in [6, 6.07) is 8.36. The molecule has 0 N–H and O–H groups in total. The van der Waals surface area contributed by atoms with Gasteiger partial charge in [-0.25, -0.2) is 0 Å². The third-order valence-electron chi connectivity index (χ3n) is 2.36. The maximum Gasteiger partial charge on any atom is 0.0939 e. The van der Waals surface area contributed by atoms with E-state index < -0.39 is 0 Å². The van der Waals surface area contributed by atoms with Gasteiger partial charge in [-0.1, -0.05) is 15.9 Å². The third kappa shape index (κ3) is 3.26. The monoisotopic (exact) mass is 504 g/mol. The molecule has 0 radical (unpaired) electrons. The molecule has 5 heteroatoms. The Bertz CT molecular complexity index is 534. The van der Waals surface area contributed by atoms with E-state index in [1.165, 1.54) is 14.0 Å². The Labute approximate surface area is 140 Å². The highest BCUT2D eigenvalue weighted by molar-refractivity contribution is 14.1. The molecule has 1 heterocycles. The van der Waals surface area contributed by atoms with Crippen LogP contribution >= 0.6 is 77.4 Å². The van der Waals surface area contributed by atoms with E-state index in [-0.39, 0.29) is 5.38 Å². The standard InChI is InChI=1S/C12H8Br2ClIS/c1-6-4-10(17-12(6)14)11(15)8-5-7(16)2-3-9(8)13/h2-5,11H,1H3. The van der Waals surface area contributed by atoms with Gasteiger partial charge >= 0.3 is 0 Å². The molecule has 0 aliphatic heterocycles. The average molecular weight is 506 g/mol. The summed E-state index contributed by atoms with van der Waals surface area (Å²) in [5, 5.41) is -0.103. The van der Waals surface area contributed by atoms with Gasteiger partial charge in [0.2, 0.25) is 0 Å². The van der Waals surface area contributed by atoms with Gasteiger partial charge < -0.3 is 0 Å². The molecule has 17 heavy (non-hydrogen) atoms. The largest absolute Gasteiger partial charge is 0.131 e. The van der Waals surface area contributed by atoms with Gasteiger partial charge in [0.05, 0.1) is 9.16 Å². The van der Waals surface area contributed by atoms with Crippen LogP contribution in [0.1, 0.15) is 21.4 Å². The van der Waals surface area contributed by atoms with E-state index in [1.807, 2.05) is 6.07 Å². The van der Waals surface area contributed by atoms with E-state index >= 15 is 0 Å². The summed E-state index contributed by atoms with van der Waals surface area (Å²) in [5.41, 5.74) is 2.35. The van der Waals surface area contributed by atoms with Crippen LogP contribution in [0.5, 0.6) is 0 Å². The van der Waals surface area contributed by atoms with E-state index in [0.29, 0.717) is 0 Å². The van der Waals surface area contributed by atoms with E-state index in [2.05, 4.69) is 79.6 Å². The Hall–Kier alpha value is 0.900. The highest BCUT2D eigenvalue weighted by Crippen LogP contribution is 2.40. The molecule has 1 aromatic heterocycles. The maximum absolute atomic E-state index is 6.55. The van der Waals surface area contributed by atoms with Crippen LogP contribution in [0.2, 0.25) is 0 Å². The summed E-state index contributed by atoms with van der Waals surface area (Å²) in [7, 11) is 0. The van der Waals surface area contributed by atoms with Crippen molar-refractivity contribution >= 4 is 77.4 Å². The fourth-order valence-electron chi connectivity index (χ4n) is 1.47. The van der Waals surface area contributed by atoms with Crippen LogP contribution in [-0.4, -0.2) is 0 Å². The van der Waals surface area contributed by atoms with Crippen LogP contribution in [0.25, 0.3) is 0 Å². The summed E-state index contributed by atoms with van der Waals surface area (Å²) in [6.07, 6.45) is 0. The molecular formula is C12H8Br2ClIS. The lowest BCUT2D eigenvalue weighted by molar-refractivity contribution is 1.16. The van der Waals surface area contributed by atoms with Crippen molar-refractivity contribution < 1.29 is 0 Å². The van der Waals surface area contributed by atoms with Crippen molar-refractivity contribution in [3.8, 4) is 0 Å². The second-order valence-electron chi connectivity index (χ2n) is 3.63. The van der Waals surface area contributed by atoms with Crippen molar-refractivity contribution in [2.75, 3.05) is 0 Å². The molecule has 0 saturated carbocycles. The van der Waals surface area contributed by atoms with Crippen molar-refractivity contribution in [1.29, 1.82) is 0 Å². The van der Waals surface area contributed by atoms with Crippen molar-refractivity contribution in [2.45, 2.75) is 12.3 Å². The van der Waals surface area contributed by atoms with Gasteiger partial charge in [-0.3, -0.25) is 0 Å². The Kier molecular flexibility index (Phi) is 4.97.